The van der Waals surface area contributed by atoms with Crippen LogP contribution in [0.1, 0.15) is 5.56 Å². The van der Waals surface area contributed by atoms with E-state index in [-0.39, 0.29) is 0 Å². The molecule has 86 valence electrons. The van der Waals surface area contributed by atoms with E-state index in [1.807, 2.05) is 11.1 Å². The number of morpholine rings is 1. The van der Waals surface area contributed by atoms with Crippen molar-refractivity contribution in [2.24, 2.45) is 5.10 Å². The van der Waals surface area contributed by atoms with Gasteiger partial charge in [0.15, 0.2) is 0 Å². The second kappa shape index (κ2) is 5.53. The summed E-state index contributed by atoms with van der Waals surface area (Å²) < 4.78 is 5.23. The van der Waals surface area contributed by atoms with Gasteiger partial charge in [-0.2, -0.15) is 5.10 Å². The molecule has 0 saturated carbocycles. The minimum absolute atomic E-state index is 0.615. The van der Waals surface area contributed by atoms with Gasteiger partial charge >= 0.3 is 0 Å². The summed E-state index contributed by atoms with van der Waals surface area (Å²) in [6.45, 7) is 3.10. The van der Waals surface area contributed by atoms with Gasteiger partial charge < -0.3 is 4.74 Å². The second-order valence-electron chi connectivity index (χ2n) is 3.48. The van der Waals surface area contributed by atoms with Crippen molar-refractivity contribution in [3.05, 3.63) is 33.8 Å². The molecule has 16 heavy (non-hydrogen) atoms. The zero-order valence-electron chi connectivity index (χ0n) is 8.70. The molecule has 0 amide bonds. The number of hydrogen-bond donors (Lipinski definition) is 0. The molecule has 0 radical (unpaired) electrons. The van der Waals surface area contributed by atoms with Gasteiger partial charge in [0.25, 0.3) is 0 Å². The lowest BCUT2D eigenvalue weighted by atomic mass is 10.2. The molecule has 1 aromatic rings. The van der Waals surface area contributed by atoms with Crippen LogP contribution in [0.4, 0.5) is 0 Å². The fourth-order valence-corrected chi connectivity index (χ4v) is 1.88. The molecule has 0 N–H and O–H groups in total. The lowest BCUT2D eigenvalue weighted by Crippen LogP contribution is -2.32. The Morgan fingerprint density at radius 2 is 2.00 bits per heavy atom. The molecule has 0 bridgehead atoms. The van der Waals surface area contributed by atoms with Gasteiger partial charge in [-0.3, -0.25) is 5.01 Å². The Balaban J connectivity index is 2.04. The average molecular weight is 259 g/mol. The third-order valence-corrected chi connectivity index (χ3v) is 2.87. The van der Waals surface area contributed by atoms with Gasteiger partial charge in [0, 0.05) is 10.6 Å². The summed E-state index contributed by atoms with van der Waals surface area (Å²) in [5, 5.41) is 7.56. The fraction of sp³-hybridized carbons (Fsp3) is 0.364. The summed E-state index contributed by atoms with van der Waals surface area (Å²) in [6.07, 6.45) is 1.75. The molecular weight excluding hydrogens is 247 g/mol. The lowest BCUT2D eigenvalue weighted by molar-refractivity contribution is 0.0397. The zero-order chi connectivity index (χ0) is 11.4. The molecule has 1 fully saturated rings. The molecule has 0 spiro atoms. The van der Waals surface area contributed by atoms with Gasteiger partial charge in [0.2, 0.25) is 0 Å². The van der Waals surface area contributed by atoms with E-state index in [1.165, 1.54) is 0 Å². The highest BCUT2D eigenvalue weighted by molar-refractivity contribution is 6.36. The summed E-state index contributed by atoms with van der Waals surface area (Å²) in [7, 11) is 0. The van der Waals surface area contributed by atoms with Crippen LogP contribution in [0.5, 0.6) is 0 Å². The summed E-state index contributed by atoms with van der Waals surface area (Å²) in [6, 6.07) is 5.37. The molecule has 0 unspecified atom stereocenters. The lowest BCUT2D eigenvalue weighted by Gasteiger charge is -2.23. The standard InChI is InChI=1S/C11H12Cl2N2O/c12-10-2-1-9(11(13)7-10)8-14-15-3-5-16-6-4-15/h1-2,7-8H,3-6H2. The number of rotatable bonds is 2. The topological polar surface area (TPSA) is 24.8 Å². The third-order valence-electron chi connectivity index (χ3n) is 2.31. The predicted molar refractivity (Wildman–Crippen MR) is 66.4 cm³/mol. The van der Waals surface area contributed by atoms with Gasteiger partial charge in [-0.05, 0) is 12.1 Å². The van der Waals surface area contributed by atoms with Crippen molar-refractivity contribution in [3.8, 4) is 0 Å². The van der Waals surface area contributed by atoms with Crippen molar-refractivity contribution in [1.82, 2.24) is 5.01 Å². The van der Waals surface area contributed by atoms with Crippen molar-refractivity contribution in [3.63, 3.8) is 0 Å². The first kappa shape index (κ1) is 11.7. The van der Waals surface area contributed by atoms with Crippen molar-refractivity contribution in [2.75, 3.05) is 26.3 Å². The number of hydrazone groups is 1. The number of hydrogen-bond acceptors (Lipinski definition) is 3. The minimum atomic E-state index is 0.615. The molecule has 1 aliphatic rings. The van der Waals surface area contributed by atoms with Crippen molar-refractivity contribution in [1.29, 1.82) is 0 Å². The Hall–Kier alpha value is -0.770. The molecule has 0 atom stereocenters. The summed E-state index contributed by atoms with van der Waals surface area (Å²) >= 11 is 11.8. The van der Waals surface area contributed by atoms with Crippen molar-refractivity contribution >= 4 is 29.4 Å². The average Bonchev–Trinajstić information content (AvgIpc) is 2.29. The van der Waals surface area contributed by atoms with E-state index in [2.05, 4.69) is 5.10 Å². The van der Waals surface area contributed by atoms with E-state index < -0.39 is 0 Å². The van der Waals surface area contributed by atoms with Gasteiger partial charge in [0.1, 0.15) is 0 Å². The predicted octanol–water partition coefficient (Wildman–Crippen LogP) is 2.66. The first-order chi connectivity index (χ1) is 7.75. The van der Waals surface area contributed by atoms with Crippen LogP contribution < -0.4 is 0 Å². The highest BCUT2D eigenvalue weighted by Crippen LogP contribution is 2.19. The molecule has 0 aliphatic carbocycles. The summed E-state index contributed by atoms with van der Waals surface area (Å²) in [4.78, 5) is 0. The van der Waals surface area contributed by atoms with Crippen LogP contribution in [-0.4, -0.2) is 37.5 Å². The normalized spacial score (nSPS) is 17.0. The smallest absolute Gasteiger partial charge is 0.0659 e. The van der Waals surface area contributed by atoms with E-state index >= 15 is 0 Å². The monoisotopic (exact) mass is 258 g/mol. The van der Waals surface area contributed by atoms with E-state index in [9.17, 15) is 0 Å². The second-order valence-corrected chi connectivity index (χ2v) is 4.32. The van der Waals surface area contributed by atoms with E-state index in [0.717, 1.165) is 31.9 Å². The fourth-order valence-electron chi connectivity index (χ4n) is 1.42. The van der Waals surface area contributed by atoms with Crippen LogP contribution in [0.3, 0.4) is 0 Å². The van der Waals surface area contributed by atoms with Crippen molar-refractivity contribution < 1.29 is 4.74 Å². The quantitative estimate of drug-likeness (QED) is 0.763. The first-order valence-electron chi connectivity index (χ1n) is 5.07. The Kier molecular flexibility index (Phi) is 4.04. The van der Waals surface area contributed by atoms with E-state index in [4.69, 9.17) is 27.9 Å². The van der Waals surface area contributed by atoms with E-state index in [0.29, 0.717) is 10.0 Å². The van der Waals surface area contributed by atoms with Crippen molar-refractivity contribution in [2.45, 2.75) is 0 Å². The van der Waals surface area contributed by atoms with Crippen LogP contribution in [0, 0.1) is 0 Å². The van der Waals surface area contributed by atoms with Crippen LogP contribution >= 0.6 is 23.2 Å². The van der Waals surface area contributed by atoms with Gasteiger partial charge in [0.05, 0.1) is 37.5 Å². The largest absolute Gasteiger partial charge is 0.378 e. The Labute approximate surface area is 105 Å². The van der Waals surface area contributed by atoms with Crippen LogP contribution in [-0.2, 0) is 4.74 Å². The number of ether oxygens (including phenoxy) is 1. The zero-order valence-corrected chi connectivity index (χ0v) is 10.2. The molecule has 0 aromatic heterocycles. The Morgan fingerprint density at radius 1 is 1.25 bits per heavy atom. The maximum absolute atomic E-state index is 6.03. The maximum Gasteiger partial charge on any atom is 0.0659 e. The third kappa shape index (κ3) is 3.11. The first-order valence-corrected chi connectivity index (χ1v) is 5.83. The molecule has 1 saturated heterocycles. The number of nitrogens with zero attached hydrogens (tertiary/aromatic N) is 2. The Morgan fingerprint density at radius 3 is 2.69 bits per heavy atom. The molecular formula is C11H12Cl2N2O. The van der Waals surface area contributed by atoms with Gasteiger partial charge in [-0.1, -0.05) is 29.3 Å². The van der Waals surface area contributed by atoms with Crippen LogP contribution in [0.25, 0.3) is 0 Å². The highest BCUT2D eigenvalue weighted by Gasteiger charge is 2.06. The Bertz CT molecular complexity index is 390. The van der Waals surface area contributed by atoms with Crippen LogP contribution in [0.15, 0.2) is 23.3 Å². The van der Waals surface area contributed by atoms with Gasteiger partial charge in [-0.15, -0.1) is 0 Å². The highest BCUT2D eigenvalue weighted by atomic mass is 35.5. The minimum Gasteiger partial charge on any atom is -0.378 e. The molecule has 1 aliphatic heterocycles. The van der Waals surface area contributed by atoms with Crippen LogP contribution in [0.2, 0.25) is 10.0 Å². The summed E-state index contributed by atoms with van der Waals surface area (Å²) in [5.74, 6) is 0. The summed E-state index contributed by atoms with van der Waals surface area (Å²) in [5.41, 5.74) is 0.873. The van der Waals surface area contributed by atoms with E-state index in [1.54, 1.807) is 18.3 Å². The molecule has 3 nitrogen and oxygen atoms in total. The van der Waals surface area contributed by atoms with Gasteiger partial charge in [-0.25, -0.2) is 0 Å². The molecule has 5 heteroatoms. The SMILES string of the molecule is Clc1ccc(C=NN2CCOCC2)c(Cl)c1. The molecule has 1 heterocycles. The molecule has 2 rings (SSSR count). The number of benzene rings is 1. The molecule has 1 aromatic carbocycles. The number of halogens is 2. The maximum atomic E-state index is 6.03.